The number of piperidine rings is 1. The van der Waals surface area contributed by atoms with Crippen molar-refractivity contribution in [2.24, 2.45) is 0 Å². The van der Waals surface area contributed by atoms with Crippen molar-refractivity contribution in [1.29, 1.82) is 0 Å². The van der Waals surface area contributed by atoms with Crippen LogP contribution in [0.4, 0.5) is 0 Å². The number of hydrogen-bond donors (Lipinski definition) is 0. The molecule has 0 radical (unpaired) electrons. The van der Waals surface area contributed by atoms with Crippen LogP contribution in [0.1, 0.15) is 19.3 Å². The number of benzene rings is 1. The van der Waals surface area contributed by atoms with Crippen molar-refractivity contribution in [3.8, 4) is 0 Å². The van der Waals surface area contributed by atoms with Gasteiger partial charge in [-0.3, -0.25) is 0 Å². The third-order valence-corrected chi connectivity index (χ3v) is 5.94. The molecule has 0 amide bonds. The second-order valence-electron chi connectivity index (χ2n) is 4.45. The first-order valence-corrected chi connectivity index (χ1v) is 8.33. The molecule has 0 aliphatic carbocycles. The predicted octanol–water partition coefficient (Wildman–Crippen LogP) is 2.47. The number of sulfonamides is 1. The lowest BCUT2D eigenvalue weighted by molar-refractivity contribution is 0.346. The zero-order valence-corrected chi connectivity index (χ0v) is 11.5. The van der Waals surface area contributed by atoms with E-state index >= 15 is 0 Å². The minimum Gasteiger partial charge on any atom is -0.245 e. The van der Waals surface area contributed by atoms with Gasteiger partial charge in [0.25, 0.3) is 0 Å². The van der Waals surface area contributed by atoms with Gasteiger partial charge in [0.15, 0.2) is 0 Å². The standard InChI is InChI=1S/C12H14N2O2S2/c15-18(16,14-6-2-1-3-7-14)10-4-5-11-12(8-10)17-9-13-11/h4-5,8-9H,1-3,6-7H2. The zero-order chi connectivity index (χ0) is 12.6. The Bertz CT molecular complexity index is 658. The van der Waals surface area contributed by atoms with Crippen LogP contribution in [0.2, 0.25) is 0 Å². The Balaban J connectivity index is 2.01. The zero-order valence-electron chi connectivity index (χ0n) is 9.87. The van der Waals surface area contributed by atoms with Crippen molar-refractivity contribution in [3.05, 3.63) is 23.7 Å². The average molecular weight is 282 g/mol. The summed E-state index contributed by atoms with van der Waals surface area (Å²) >= 11 is 1.47. The fourth-order valence-electron chi connectivity index (χ4n) is 2.25. The molecule has 1 saturated heterocycles. The van der Waals surface area contributed by atoms with Gasteiger partial charge in [0, 0.05) is 13.1 Å². The van der Waals surface area contributed by atoms with Gasteiger partial charge in [-0.2, -0.15) is 4.31 Å². The highest BCUT2D eigenvalue weighted by Crippen LogP contribution is 2.25. The van der Waals surface area contributed by atoms with Crippen molar-refractivity contribution >= 4 is 31.6 Å². The highest BCUT2D eigenvalue weighted by atomic mass is 32.2. The first kappa shape index (κ1) is 12.1. The van der Waals surface area contributed by atoms with Gasteiger partial charge in [-0.15, -0.1) is 11.3 Å². The summed E-state index contributed by atoms with van der Waals surface area (Å²) in [7, 11) is -3.32. The Hall–Kier alpha value is -0.980. The molecule has 1 aliphatic rings. The van der Waals surface area contributed by atoms with Gasteiger partial charge < -0.3 is 0 Å². The maximum absolute atomic E-state index is 12.5. The first-order chi connectivity index (χ1) is 8.68. The Morgan fingerprint density at radius 1 is 1.17 bits per heavy atom. The fourth-order valence-corrected chi connectivity index (χ4v) is 4.58. The van der Waals surface area contributed by atoms with E-state index in [1.807, 2.05) is 0 Å². The molecule has 96 valence electrons. The lowest BCUT2D eigenvalue weighted by atomic mass is 10.2. The predicted molar refractivity (Wildman–Crippen MR) is 72.2 cm³/mol. The van der Waals surface area contributed by atoms with E-state index in [-0.39, 0.29) is 0 Å². The summed E-state index contributed by atoms with van der Waals surface area (Å²) in [4.78, 5) is 4.55. The maximum Gasteiger partial charge on any atom is 0.243 e. The molecule has 0 spiro atoms. The number of nitrogens with zero attached hydrogens (tertiary/aromatic N) is 2. The van der Waals surface area contributed by atoms with Gasteiger partial charge in [0.05, 0.1) is 20.6 Å². The Labute approximate surface area is 110 Å². The van der Waals surface area contributed by atoms with Gasteiger partial charge in [-0.1, -0.05) is 6.42 Å². The summed E-state index contributed by atoms with van der Waals surface area (Å²) in [6.45, 7) is 1.28. The summed E-state index contributed by atoms with van der Waals surface area (Å²) in [6, 6.07) is 5.17. The Kier molecular flexibility index (Phi) is 3.09. The molecular formula is C12H14N2O2S2. The SMILES string of the molecule is O=S(=O)(c1ccc2ncsc2c1)N1CCCCC1. The van der Waals surface area contributed by atoms with Crippen LogP contribution in [0.5, 0.6) is 0 Å². The summed E-state index contributed by atoms with van der Waals surface area (Å²) in [5.74, 6) is 0. The molecule has 18 heavy (non-hydrogen) atoms. The van der Waals surface area contributed by atoms with Crippen LogP contribution < -0.4 is 0 Å². The van der Waals surface area contributed by atoms with E-state index < -0.39 is 10.0 Å². The largest absolute Gasteiger partial charge is 0.245 e. The van der Waals surface area contributed by atoms with Gasteiger partial charge in [-0.25, -0.2) is 13.4 Å². The molecule has 0 N–H and O–H groups in total. The molecule has 4 nitrogen and oxygen atoms in total. The van der Waals surface area contributed by atoms with Gasteiger partial charge >= 0.3 is 0 Å². The van der Waals surface area contributed by atoms with Crippen molar-refractivity contribution < 1.29 is 8.42 Å². The average Bonchev–Trinajstić information content (AvgIpc) is 2.87. The summed E-state index contributed by atoms with van der Waals surface area (Å²) < 4.78 is 27.4. The van der Waals surface area contributed by atoms with E-state index in [0.717, 1.165) is 29.5 Å². The molecule has 2 heterocycles. The van der Waals surface area contributed by atoms with E-state index in [1.165, 1.54) is 11.3 Å². The summed E-state index contributed by atoms with van der Waals surface area (Å²) in [5.41, 5.74) is 2.60. The second-order valence-corrected chi connectivity index (χ2v) is 7.27. The second kappa shape index (κ2) is 4.60. The van der Waals surface area contributed by atoms with Crippen LogP contribution >= 0.6 is 11.3 Å². The molecule has 1 aliphatic heterocycles. The van der Waals surface area contributed by atoms with Crippen LogP contribution in [-0.4, -0.2) is 30.8 Å². The normalized spacial score (nSPS) is 18.2. The number of fused-ring (bicyclic) bond motifs is 1. The van der Waals surface area contributed by atoms with Crippen LogP contribution in [0.15, 0.2) is 28.6 Å². The van der Waals surface area contributed by atoms with Crippen molar-refractivity contribution in [2.75, 3.05) is 13.1 Å². The van der Waals surface area contributed by atoms with E-state index in [2.05, 4.69) is 4.98 Å². The number of aromatic nitrogens is 1. The summed E-state index contributed by atoms with van der Waals surface area (Å²) in [6.07, 6.45) is 3.05. The molecule has 1 aromatic heterocycles. The molecule has 1 fully saturated rings. The van der Waals surface area contributed by atoms with Gasteiger partial charge in [0.1, 0.15) is 0 Å². The molecule has 0 atom stereocenters. The molecule has 0 unspecified atom stereocenters. The van der Waals surface area contributed by atoms with E-state index in [9.17, 15) is 8.42 Å². The molecule has 0 bridgehead atoms. The molecule has 1 aromatic carbocycles. The first-order valence-electron chi connectivity index (χ1n) is 6.01. The molecule has 6 heteroatoms. The van der Waals surface area contributed by atoms with E-state index in [4.69, 9.17) is 0 Å². The lowest BCUT2D eigenvalue weighted by Gasteiger charge is -2.25. The van der Waals surface area contributed by atoms with Crippen LogP contribution in [0.25, 0.3) is 10.2 Å². The quantitative estimate of drug-likeness (QED) is 0.850. The third kappa shape index (κ3) is 2.04. The number of rotatable bonds is 2. The third-order valence-electron chi connectivity index (χ3n) is 3.26. The topological polar surface area (TPSA) is 50.3 Å². The Morgan fingerprint density at radius 3 is 2.72 bits per heavy atom. The van der Waals surface area contributed by atoms with E-state index in [0.29, 0.717) is 18.0 Å². The van der Waals surface area contributed by atoms with Crippen LogP contribution in [-0.2, 0) is 10.0 Å². The molecule has 2 aromatic rings. The van der Waals surface area contributed by atoms with E-state index in [1.54, 1.807) is 28.0 Å². The smallest absolute Gasteiger partial charge is 0.243 e. The number of thiazole rings is 1. The van der Waals surface area contributed by atoms with Crippen LogP contribution in [0.3, 0.4) is 0 Å². The summed E-state index contributed by atoms with van der Waals surface area (Å²) in [5, 5.41) is 0. The molecular weight excluding hydrogens is 268 g/mol. The highest BCUT2D eigenvalue weighted by Gasteiger charge is 2.26. The van der Waals surface area contributed by atoms with Crippen molar-refractivity contribution in [2.45, 2.75) is 24.2 Å². The minimum atomic E-state index is -3.32. The monoisotopic (exact) mass is 282 g/mol. The maximum atomic E-state index is 12.5. The minimum absolute atomic E-state index is 0.390. The lowest BCUT2D eigenvalue weighted by Crippen LogP contribution is -2.35. The number of hydrogen-bond acceptors (Lipinski definition) is 4. The molecule has 0 saturated carbocycles. The van der Waals surface area contributed by atoms with Crippen molar-refractivity contribution in [3.63, 3.8) is 0 Å². The van der Waals surface area contributed by atoms with Crippen LogP contribution in [0, 0.1) is 0 Å². The highest BCUT2D eigenvalue weighted by molar-refractivity contribution is 7.89. The van der Waals surface area contributed by atoms with Gasteiger partial charge in [-0.05, 0) is 31.0 Å². The van der Waals surface area contributed by atoms with Crippen molar-refractivity contribution in [1.82, 2.24) is 9.29 Å². The molecule has 3 rings (SSSR count). The fraction of sp³-hybridized carbons (Fsp3) is 0.417. The Morgan fingerprint density at radius 2 is 1.94 bits per heavy atom. The van der Waals surface area contributed by atoms with Gasteiger partial charge in [0.2, 0.25) is 10.0 Å².